The lowest BCUT2D eigenvalue weighted by Crippen LogP contribution is -2.16. The van der Waals surface area contributed by atoms with Gasteiger partial charge in [-0.05, 0) is 13.5 Å². The van der Waals surface area contributed by atoms with Crippen molar-refractivity contribution in [1.29, 1.82) is 0 Å². The molecule has 0 spiro atoms. The molecule has 0 radical (unpaired) electrons. The van der Waals surface area contributed by atoms with E-state index in [0.717, 1.165) is 38.4 Å². The minimum atomic E-state index is 0.655. The fourth-order valence-corrected chi connectivity index (χ4v) is 1.17. The van der Waals surface area contributed by atoms with Gasteiger partial charge in [0.05, 0.1) is 6.61 Å². The first-order valence-electron chi connectivity index (χ1n) is 5.46. The number of aromatic nitrogens is 2. The Morgan fingerprint density at radius 3 is 2.93 bits per heavy atom. The lowest BCUT2D eigenvalue weighted by Gasteiger charge is -1.96. The van der Waals surface area contributed by atoms with Crippen LogP contribution in [0.25, 0.3) is 0 Å². The van der Waals surface area contributed by atoms with Crippen molar-refractivity contribution in [1.82, 2.24) is 15.5 Å². The molecule has 1 heterocycles. The molecule has 0 saturated carbocycles. The Kier molecular flexibility index (Phi) is 5.96. The first kappa shape index (κ1) is 12.1. The van der Waals surface area contributed by atoms with Gasteiger partial charge in [-0.3, -0.25) is 0 Å². The molecule has 1 aromatic heterocycles. The van der Waals surface area contributed by atoms with Crippen LogP contribution >= 0.6 is 0 Å². The molecule has 86 valence electrons. The van der Waals surface area contributed by atoms with Crippen molar-refractivity contribution in [2.24, 2.45) is 0 Å². The second-order valence-corrected chi connectivity index (χ2v) is 3.15. The van der Waals surface area contributed by atoms with E-state index in [9.17, 15) is 0 Å². The van der Waals surface area contributed by atoms with Gasteiger partial charge in [-0.15, -0.1) is 0 Å². The van der Waals surface area contributed by atoms with Crippen molar-refractivity contribution in [3.63, 3.8) is 0 Å². The first-order valence-corrected chi connectivity index (χ1v) is 5.46. The first-order chi connectivity index (χ1) is 7.36. The lowest BCUT2D eigenvalue weighted by molar-refractivity contribution is 0.149. The maximum Gasteiger partial charge on any atom is 0.227 e. The number of hydrogen-bond donors (Lipinski definition) is 1. The topological polar surface area (TPSA) is 60.2 Å². The van der Waals surface area contributed by atoms with Gasteiger partial charge in [0.1, 0.15) is 0 Å². The van der Waals surface area contributed by atoms with Gasteiger partial charge in [-0.1, -0.05) is 12.1 Å². The summed E-state index contributed by atoms with van der Waals surface area (Å²) in [6.45, 7) is 7.27. The van der Waals surface area contributed by atoms with Crippen LogP contribution in [0.5, 0.6) is 0 Å². The summed E-state index contributed by atoms with van der Waals surface area (Å²) in [5.74, 6) is 1.43. The molecular formula is C10H19N3O2. The van der Waals surface area contributed by atoms with E-state index >= 15 is 0 Å². The van der Waals surface area contributed by atoms with Gasteiger partial charge in [0.2, 0.25) is 5.89 Å². The largest absolute Gasteiger partial charge is 0.381 e. The molecule has 0 bridgehead atoms. The monoisotopic (exact) mass is 213 g/mol. The molecular weight excluding hydrogens is 194 g/mol. The predicted molar refractivity (Wildman–Crippen MR) is 56.7 cm³/mol. The smallest absolute Gasteiger partial charge is 0.227 e. The number of nitrogens with zero attached hydrogens (tertiary/aromatic N) is 2. The Morgan fingerprint density at radius 1 is 1.33 bits per heavy atom. The zero-order valence-corrected chi connectivity index (χ0v) is 9.45. The summed E-state index contributed by atoms with van der Waals surface area (Å²) in [7, 11) is 0. The third-order valence-electron chi connectivity index (χ3n) is 1.95. The third-order valence-corrected chi connectivity index (χ3v) is 1.95. The van der Waals surface area contributed by atoms with Gasteiger partial charge in [0.15, 0.2) is 5.82 Å². The molecule has 1 aromatic rings. The second kappa shape index (κ2) is 7.36. The molecule has 5 nitrogen and oxygen atoms in total. The molecule has 0 fully saturated rings. The van der Waals surface area contributed by atoms with Crippen molar-refractivity contribution in [3.05, 3.63) is 11.7 Å². The molecule has 0 amide bonds. The quantitative estimate of drug-likeness (QED) is 0.647. The number of likely N-dealkylation sites (N-methyl/N-ethyl adjacent to an activating group) is 1. The van der Waals surface area contributed by atoms with Gasteiger partial charge in [-0.25, -0.2) is 0 Å². The lowest BCUT2D eigenvalue weighted by atomic mass is 10.4. The second-order valence-electron chi connectivity index (χ2n) is 3.15. The average Bonchev–Trinajstić information content (AvgIpc) is 2.67. The summed E-state index contributed by atoms with van der Waals surface area (Å²) in [5.41, 5.74) is 0. The van der Waals surface area contributed by atoms with Crippen LogP contribution in [0.1, 0.15) is 25.6 Å². The minimum absolute atomic E-state index is 0.655. The van der Waals surface area contributed by atoms with E-state index in [2.05, 4.69) is 22.4 Å². The van der Waals surface area contributed by atoms with E-state index in [1.165, 1.54) is 0 Å². The highest BCUT2D eigenvalue weighted by Gasteiger charge is 2.05. The number of ether oxygens (including phenoxy) is 1. The van der Waals surface area contributed by atoms with Gasteiger partial charge >= 0.3 is 0 Å². The number of nitrogens with one attached hydrogen (secondary N) is 1. The maximum absolute atomic E-state index is 5.21. The van der Waals surface area contributed by atoms with E-state index in [1.54, 1.807) is 0 Å². The fourth-order valence-electron chi connectivity index (χ4n) is 1.17. The summed E-state index contributed by atoms with van der Waals surface area (Å²) in [6.07, 6.45) is 1.51. The summed E-state index contributed by atoms with van der Waals surface area (Å²) in [5, 5.41) is 7.08. The fraction of sp³-hybridized carbons (Fsp3) is 0.800. The molecule has 0 aliphatic carbocycles. The highest BCUT2D eigenvalue weighted by atomic mass is 16.5. The SMILES string of the molecule is CCNCCc1nc(CCOCC)no1. The molecule has 0 aliphatic heterocycles. The van der Waals surface area contributed by atoms with Crippen LogP contribution in [-0.4, -0.2) is 36.4 Å². The van der Waals surface area contributed by atoms with Crippen molar-refractivity contribution in [3.8, 4) is 0 Å². The van der Waals surface area contributed by atoms with Crippen LogP contribution in [0.4, 0.5) is 0 Å². The minimum Gasteiger partial charge on any atom is -0.381 e. The van der Waals surface area contributed by atoms with Crippen molar-refractivity contribution >= 4 is 0 Å². The molecule has 0 atom stereocenters. The molecule has 15 heavy (non-hydrogen) atoms. The van der Waals surface area contributed by atoms with E-state index in [0.29, 0.717) is 12.5 Å². The van der Waals surface area contributed by atoms with Crippen LogP contribution in [0.2, 0.25) is 0 Å². The zero-order valence-electron chi connectivity index (χ0n) is 9.45. The van der Waals surface area contributed by atoms with Crippen LogP contribution in [0, 0.1) is 0 Å². The summed E-state index contributed by atoms with van der Waals surface area (Å²) in [4.78, 5) is 4.26. The Balaban J connectivity index is 2.23. The van der Waals surface area contributed by atoms with Crippen LogP contribution in [-0.2, 0) is 17.6 Å². The van der Waals surface area contributed by atoms with E-state index < -0.39 is 0 Å². The van der Waals surface area contributed by atoms with Gasteiger partial charge in [0, 0.05) is 26.0 Å². The normalized spacial score (nSPS) is 10.8. The standard InChI is InChI=1S/C10H19N3O2/c1-3-11-7-5-10-12-9(13-15-10)6-8-14-4-2/h11H,3-8H2,1-2H3. The molecule has 5 heteroatoms. The Morgan fingerprint density at radius 2 is 2.20 bits per heavy atom. The highest BCUT2D eigenvalue weighted by molar-refractivity contribution is 4.87. The van der Waals surface area contributed by atoms with Crippen LogP contribution < -0.4 is 5.32 Å². The van der Waals surface area contributed by atoms with E-state index in [1.807, 2.05) is 6.92 Å². The highest BCUT2D eigenvalue weighted by Crippen LogP contribution is 1.98. The summed E-state index contributed by atoms with van der Waals surface area (Å²) < 4.78 is 10.3. The van der Waals surface area contributed by atoms with Gasteiger partial charge in [-0.2, -0.15) is 4.98 Å². The maximum atomic E-state index is 5.21. The van der Waals surface area contributed by atoms with Crippen molar-refractivity contribution in [2.75, 3.05) is 26.3 Å². The molecule has 0 aromatic carbocycles. The summed E-state index contributed by atoms with van der Waals surface area (Å²) in [6, 6.07) is 0. The van der Waals surface area contributed by atoms with Crippen LogP contribution in [0.3, 0.4) is 0 Å². The molecule has 0 unspecified atom stereocenters. The van der Waals surface area contributed by atoms with Crippen molar-refractivity contribution < 1.29 is 9.26 Å². The van der Waals surface area contributed by atoms with Crippen LogP contribution in [0.15, 0.2) is 4.52 Å². The average molecular weight is 213 g/mol. The number of hydrogen-bond acceptors (Lipinski definition) is 5. The summed E-state index contributed by atoms with van der Waals surface area (Å²) >= 11 is 0. The van der Waals surface area contributed by atoms with Crippen molar-refractivity contribution in [2.45, 2.75) is 26.7 Å². The third kappa shape index (κ3) is 4.90. The molecule has 0 saturated heterocycles. The van der Waals surface area contributed by atoms with E-state index in [4.69, 9.17) is 9.26 Å². The molecule has 1 N–H and O–H groups in total. The van der Waals surface area contributed by atoms with E-state index in [-0.39, 0.29) is 0 Å². The molecule has 1 rings (SSSR count). The zero-order chi connectivity index (χ0) is 10.9. The number of rotatable bonds is 8. The Hall–Kier alpha value is -0.940. The van der Waals surface area contributed by atoms with Gasteiger partial charge in [0.25, 0.3) is 0 Å². The Labute approximate surface area is 90.2 Å². The predicted octanol–water partition coefficient (Wildman–Crippen LogP) is 0.801. The Bertz CT molecular complexity index is 238. The van der Waals surface area contributed by atoms with Gasteiger partial charge < -0.3 is 14.6 Å². The molecule has 0 aliphatic rings.